The van der Waals surface area contributed by atoms with E-state index in [2.05, 4.69) is 27.7 Å². The number of unbranched alkanes of at least 4 members (excludes halogenated alkanes) is 24. The molecular weight excluding hydrogens is 584 g/mol. The molecule has 0 aliphatic carbocycles. The molecule has 0 radical (unpaired) electrons. The number of hydrogen-bond acceptors (Lipinski definition) is 5. The molecule has 0 spiro atoms. The van der Waals surface area contributed by atoms with E-state index in [1.54, 1.807) is 0 Å². The minimum Gasteiger partial charge on any atom is -0.394 e. The van der Waals surface area contributed by atoms with Crippen molar-refractivity contribution in [3.05, 3.63) is 0 Å². The van der Waals surface area contributed by atoms with E-state index in [-0.39, 0.29) is 13.2 Å². The third-order valence-corrected chi connectivity index (χ3v) is 10.1. The molecule has 0 aliphatic rings. The van der Waals surface area contributed by atoms with Crippen molar-refractivity contribution in [2.45, 2.75) is 245 Å². The highest BCUT2D eigenvalue weighted by Gasteiger charge is 2.27. The molecule has 0 aromatic rings. The number of rotatable bonds is 38. The Morgan fingerprint density at radius 3 is 0.702 bits per heavy atom. The van der Waals surface area contributed by atoms with Crippen LogP contribution in [0.1, 0.15) is 220 Å². The highest BCUT2D eigenvalue weighted by atomic mass is 16.5. The van der Waals surface area contributed by atoms with Crippen molar-refractivity contribution < 1.29 is 25.2 Å². The molecule has 0 heterocycles. The second-order valence-corrected chi connectivity index (χ2v) is 15.8. The van der Waals surface area contributed by atoms with Gasteiger partial charge in [0.25, 0.3) is 0 Å². The van der Waals surface area contributed by atoms with Gasteiger partial charge in [-0.2, -0.15) is 0 Å². The highest BCUT2D eigenvalue weighted by Crippen LogP contribution is 2.21. The summed E-state index contributed by atoms with van der Waals surface area (Å²) in [5.74, 6) is 1.69. The highest BCUT2D eigenvalue weighted by molar-refractivity contribution is 4.76. The van der Waals surface area contributed by atoms with Gasteiger partial charge in [0.2, 0.25) is 0 Å². The van der Waals surface area contributed by atoms with E-state index < -0.39 is 24.4 Å². The predicted octanol–water partition coefficient (Wildman–Crippen LogP) is 11.5. The molecule has 0 rings (SSSR count). The molecular formula is C42H86O5. The lowest BCUT2D eigenvalue weighted by Gasteiger charge is -2.30. The lowest BCUT2D eigenvalue weighted by atomic mass is 10.0. The zero-order valence-corrected chi connectivity index (χ0v) is 32.3. The third-order valence-electron chi connectivity index (χ3n) is 10.1. The van der Waals surface area contributed by atoms with Gasteiger partial charge in [0.1, 0.15) is 12.2 Å². The first-order chi connectivity index (χ1) is 22.8. The maximum atomic E-state index is 10.4. The zero-order chi connectivity index (χ0) is 34.8. The van der Waals surface area contributed by atoms with Crippen molar-refractivity contribution in [1.29, 1.82) is 0 Å². The third kappa shape index (κ3) is 32.7. The topological polar surface area (TPSA) is 90.2 Å². The maximum absolute atomic E-state index is 10.4. The average Bonchev–Trinajstić information content (AvgIpc) is 3.05. The van der Waals surface area contributed by atoms with Crippen LogP contribution < -0.4 is 0 Å². The number of ether oxygens (including phenoxy) is 1. The van der Waals surface area contributed by atoms with Crippen LogP contribution in [0, 0.1) is 11.8 Å². The molecule has 0 aromatic heterocycles. The molecule has 5 heteroatoms. The number of hydrogen-bond donors (Lipinski definition) is 4. The van der Waals surface area contributed by atoms with Crippen LogP contribution in [0.2, 0.25) is 0 Å². The standard InChI is InChI=1S/C42H86O5/c1-37(2)31-27-23-19-15-11-7-5-9-13-17-21-25-29-33-41(39(45)35-43)47-42(40(46)36-44)34-30-26-22-18-14-10-6-8-12-16-20-24-28-32-38(3)4/h37-46H,5-36H2,1-4H3. The first kappa shape index (κ1) is 46.8. The average molecular weight is 671 g/mol. The second-order valence-electron chi connectivity index (χ2n) is 15.8. The predicted molar refractivity (Wildman–Crippen MR) is 203 cm³/mol. The van der Waals surface area contributed by atoms with Gasteiger partial charge in [0.15, 0.2) is 0 Å². The van der Waals surface area contributed by atoms with E-state index in [9.17, 15) is 20.4 Å². The monoisotopic (exact) mass is 671 g/mol. The lowest BCUT2D eigenvalue weighted by Crippen LogP contribution is -2.41. The fourth-order valence-corrected chi connectivity index (χ4v) is 6.85. The summed E-state index contributed by atoms with van der Waals surface area (Å²) in [5.41, 5.74) is 0. The minimum absolute atomic E-state index is 0.344. The van der Waals surface area contributed by atoms with E-state index in [4.69, 9.17) is 4.74 Å². The van der Waals surface area contributed by atoms with Gasteiger partial charge in [0.05, 0.1) is 25.4 Å². The van der Waals surface area contributed by atoms with Gasteiger partial charge in [-0.3, -0.25) is 0 Å². The Morgan fingerprint density at radius 1 is 0.319 bits per heavy atom. The first-order valence-corrected chi connectivity index (χ1v) is 21.0. The van der Waals surface area contributed by atoms with Crippen molar-refractivity contribution in [2.24, 2.45) is 11.8 Å². The Bertz CT molecular complexity index is 548. The van der Waals surface area contributed by atoms with E-state index in [1.807, 2.05) is 0 Å². The van der Waals surface area contributed by atoms with Crippen molar-refractivity contribution >= 4 is 0 Å². The summed E-state index contributed by atoms with van der Waals surface area (Å²) in [5, 5.41) is 40.1. The summed E-state index contributed by atoms with van der Waals surface area (Å²) in [7, 11) is 0. The van der Waals surface area contributed by atoms with Crippen LogP contribution in [-0.2, 0) is 4.74 Å². The van der Waals surface area contributed by atoms with Gasteiger partial charge < -0.3 is 25.2 Å². The summed E-state index contributed by atoms with van der Waals surface area (Å²) in [6.45, 7) is 8.58. The van der Waals surface area contributed by atoms with Crippen LogP contribution in [-0.4, -0.2) is 58.1 Å². The van der Waals surface area contributed by atoms with Gasteiger partial charge in [-0.05, 0) is 24.7 Å². The first-order valence-electron chi connectivity index (χ1n) is 21.0. The molecule has 4 N–H and O–H groups in total. The van der Waals surface area contributed by atoms with Crippen LogP contribution in [0.3, 0.4) is 0 Å². The van der Waals surface area contributed by atoms with Gasteiger partial charge in [-0.25, -0.2) is 0 Å². The lowest BCUT2D eigenvalue weighted by molar-refractivity contribution is -0.137. The van der Waals surface area contributed by atoms with Gasteiger partial charge in [-0.1, -0.05) is 207 Å². The molecule has 4 unspecified atom stereocenters. The molecule has 4 atom stereocenters. The Kier molecular flexibility index (Phi) is 35.5. The van der Waals surface area contributed by atoms with Gasteiger partial charge in [-0.15, -0.1) is 0 Å². The van der Waals surface area contributed by atoms with Crippen molar-refractivity contribution in [2.75, 3.05) is 13.2 Å². The van der Waals surface area contributed by atoms with Crippen molar-refractivity contribution in [3.63, 3.8) is 0 Å². The van der Waals surface area contributed by atoms with E-state index in [0.29, 0.717) is 12.8 Å². The van der Waals surface area contributed by atoms with Crippen LogP contribution >= 0.6 is 0 Å². The van der Waals surface area contributed by atoms with Crippen LogP contribution in [0.25, 0.3) is 0 Å². The summed E-state index contributed by atoms with van der Waals surface area (Å²) in [4.78, 5) is 0. The molecule has 0 amide bonds. The Morgan fingerprint density at radius 2 is 0.511 bits per heavy atom. The fourth-order valence-electron chi connectivity index (χ4n) is 6.85. The van der Waals surface area contributed by atoms with E-state index in [1.165, 1.54) is 154 Å². The number of aliphatic hydroxyl groups excluding tert-OH is 4. The van der Waals surface area contributed by atoms with E-state index >= 15 is 0 Å². The van der Waals surface area contributed by atoms with Crippen molar-refractivity contribution in [3.8, 4) is 0 Å². The Hall–Kier alpha value is -0.200. The van der Waals surface area contributed by atoms with Crippen LogP contribution in [0.15, 0.2) is 0 Å². The fraction of sp³-hybridized carbons (Fsp3) is 1.00. The summed E-state index contributed by atoms with van der Waals surface area (Å²) < 4.78 is 6.18. The smallest absolute Gasteiger partial charge is 0.103 e. The minimum atomic E-state index is -0.955. The summed E-state index contributed by atoms with van der Waals surface area (Å²) in [6.07, 6.45) is 34.9. The van der Waals surface area contributed by atoms with Crippen LogP contribution in [0.5, 0.6) is 0 Å². The molecule has 0 saturated heterocycles. The second kappa shape index (κ2) is 35.6. The maximum Gasteiger partial charge on any atom is 0.103 e. The molecule has 47 heavy (non-hydrogen) atoms. The van der Waals surface area contributed by atoms with Gasteiger partial charge >= 0.3 is 0 Å². The van der Waals surface area contributed by atoms with Gasteiger partial charge in [0, 0.05) is 0 Å². The van der Waals surface area contributed by atoms with E-state index in [0.717, 1.165) is 37.5 Å². The SMILES string of the molecule is CC(C)CCCCCCCCCCCCCCCC(OC(CCCCCCCCCCCCCCCC(C)C)C(O)CO)C(O)CO. The molecule has 0 bridgehead atoms. The van der Waals surface area contributed by atoms with Crippen LogP contribution in [0.4, 0.5) is 0 Å². The Balaban J connectivity index is 3.95. The molecule has 0 saturated carbocycles. The van der Waals surface area contributed by atoms with Crippen molar-refractivity contribution in [1.82, 2.24) is 0 Å². The molecule has 5 nitrogen and oxygen atoms in total. The summed E-state index contributed by atoms with van der Waals surface area (Å²) >= 11 is 0. The molecule has 0 aromatic carbocycles. The largest absolute Gasteiger partial charge is 0.394 e. The number of aliphatic hydroxyl groups is 4. The quantitative estimate of drug-likeness (QED) is 0.0491. The molecule has 0 fully saturated rings. The Labute approximate surface area is 294 Å². The normalized spacial score (nSPS) is 14.7. The molecule has 0 aliphatic heterocycles. The summed E-state index contributed by atoms with van der Waals surface area (Å²) in [6, 6.07) is 0. The molecule has 284 valence electrons. The zero-order valence-electron chi connectivity index (χ0n) is 32.3.